The van der Waals surface area contributed by atoms with Gasteiger partial charge in [-0.25, -0.2) is 4.39 Å². The molecule has 0 radical (unpaired) electrons. The lowest BCUT2D eigenvalue weighted by molar-refractivity contribution is 0.139. The van der Waals surface area contributed by atoms with E-state index in [-0.39, 0.29) is 18.9 Å². The molecule has 0 spiro atoms. The van der Waals surface area contributed by atoms with Crippen molar-refractivity contribution in [2.45, 2.75) is 24.9 Å². The van der Waals surface area contributed by atoms with E-state index in [2.05, 4.69) is 15.4 Å². The van der Waals surface area contributed by atoms with Crippen LogP contribution in [0.25, 0.3) is 0 Å². The summed E-state index contributed by atoms with van der Waals surface area (Å²) in [4.78, 5) is 1.33. The van der Waals surface area contributed by atoms with E-state index >= 15 is 0 Å². The van der Waals surface area contributed by atoms with Crippen molar-refractivity contribution < 1.29 is 4.39 Å². The van der Waals surface area contributed by atoms with Gasteiger partial charge in [0.1, 0.15) is 5.67 Å². The van der Waals surface area contributed by atoms with Crippen LogP contribution < -0.4 is 5.73 Å². The van der Waals surface area contributed by atoms with Crippen molar-refractivity contribution in [2.75, 3.05) is 6.54 Å². The lowest BCUT2D eigenvalue weighted by atomic mass is 9.96. The number of alkyl halides is 1. The molecule has 0 amide bonds. The molecule has 1 unspecified atom stereocenters. The summed E-state index contributed by atoms with van der Waals surface area (Å²) in [6.07, 6.45) is 2.03. The zero-order valence-corrected chi connectivity index (χ0v) is 8.15. The number of aromatic nitrogens is 4. The molecule has 1 aromatic heterocycles. The summed E-state index contributed by atoms with van der Waals surface area (Å²) >= 11 is 0. The standard InChI is InChI=1S/C8H14FN5/c1-14-12-7(11-13-14)4-8(9,5-10)6-2-3-6/h6H,2-5,10H2,1H3. The minimum atomic E-state index is -1.33. The molecule has 0 aliphatic heterocycles. The number of nitrogens with zero attached hydrogens (tertiary/aromatic N) is 4. The number of rotatable bonds is 4. The Balaban J connectivity index is 2.07. The van der Waals surface area contributed by atoms with E-state index in [1.165, 1.54) is 4.80 Å². The van der Waals surface area contributed by atoms with Gasteiger partial charge in [-0.1, -0.05) is 0 Å². The van der Waals surface area contributed by atoms with Gasteiger partial charge in [-0.2, -0.15) is 4.80 Å². The van der Waals surface area contributed by atoms with Gasteiger partial charge in [0.15, 0.2) is 5.82 Å². The van der Waals surface area contributed by atoms with Crippen LogP contribution in [-0.4, -0.2) is 32.4 Å². The fourth-order valence-electron chi connectivity index (χ4n) is 1.64. The molecule has 0 aromatic carbocycles. The second-order valence-electron chi connectivity index (χ2n) is 3.88. The molecular weight excluding hydrogens is 185 g/mol. The smallest absolute Gasteiger partial charge is 0.178 e. The van der Waals surface area contributed by atoms with Crippen LogP contribution in [-0.2, 0) is 13.5 Å². The Kier molecular flexibility index (Phi) is 2.22. The Morgan fingerprint density at radius 3 is 2.79 bits per heavy atom. The van der Waals surface area contributed by atoms with Crippen LogP contribution >= 0.6 is 0 Å². The monoisotopic (exact) mass is 199 g/mol. The molecule has 1 aromatic rings. The van der Waals surface area contributed by atoms with Gasteiger partial charge < -0.3 is 5.73 Å². The highest BCUT2D eigenvalue weighted by Gasteiger charge is 2.45. The molecule has 1 heterocycles. The Hall–Kier alpha value is -1.04. The highest BCUT2D eigenvalue weighted by Crippen LogP contribution is 2.43. The molecule has 78 valence electrons. The van der Waals surface area contributed by atoms with E-state index in [4.69, 9.17) is 5.73 Å². The van der Waals surface area contributed by atoms with Gasteiger partial charge >= 0.3 is 0 Å². The first kappa shape index (κ1) is 9.51. The summed E-state index contributed by atoms with van der Waals surface area (Å²) in [6.45, 7) is 0.0376. The molecule has 1 aliphatic rings. The molecule has 1 fully saturated rings. The molecule has 1 saturated carbocycles. The van der Waals surface area contributed by atoms with Crippen LogP contribution in [0.5, 0.6) is 0 Å². The number of aryl methyl sites for hydroxylation is 1. The first-order valence-corrected chi connectivity index (χ1v) is 4.76. The summed E-state index contributed by atoms with van der Waals surface area (Å²) in [7, 11) is 1.66. The Bertz CT molecular complexity index is 321. The maximum atomic E-state index is 14.2. The molecule has 6 heteroatoms. The predicted molar refractivity (Wildman–Crippen MR) is 48.1 cm³/mol. The average Bonchev–Trinajstić information content (AvgIpc) is 2.93. The maximum Gasteiger partial charge on any atom is 0.178 e. The number of tetrazole rings is 1. The minimum absolute atomic E-state index is 0.0376. The molecule has 2 N–H and O–H groups in total. The SMILES string of the molecule is Cn1nnc(CC(F)(CN)C2CC2)n1. The third kappa shape index (κ3) is 1.75. The van der Waals surface area contributed by atoms with Crippen LogP contribution in [0.4, 0.5) is 4.39 Å². The summed E-state index contributed by atoms with van der Waals surface area (Å²) < 4.78 is 14.2. The molecule has 1 aliphatic carbocycles. The maximum absolute atomic E-state index is 14.2. The van der Waals surface area contributed by atoms with Crippen LogP contribution in [0.3, 0.4) is 0 Å². The summed E-state index contributed by atoms with van der Waals surface area (Å²) in [5.41, 5.74) is 4.11. The topological polar surface area (TPSA) is 69.6 Å². The van der Waals surface area contributed by atoms with Crippen LogP contribution in [0.2, 0.25) is 0 Å². The van der Waals surface area contributed by atoms with E-state index in [9.17, 15) is 4.39 Å². The van der Waals surface area contributed by atoms with Crippen LogP contribution in [0.15, 0.2) is 0 Å². The average molecular weight is 199 g/mol. The normalized spacial score (nSPS) is 20.8. The Labute approximate surface area is 81.5 Å². The molecular formula is C8H14FN5. The number of nitrogens with two attached hydrogens (primary N) is 1. The molecule has 2 rings (SSSR count). The highest BCUT2D eigenvalue weighted by molar-refractivity contribution is 5.01. The number of hydrogen-bond acceptors (Lipinski definition) is 4. The van der Waals surface area contributed by atoms with Crippen molar-refractivity contribution >= 4 is 0 Å². The van der Waals surface area contributed by atoms with Gasteiger partial charge in [-0.15, -0.1) is 10.2 Å². The lowest BCUT2D eigenvalue weighted by Gasteiger charge is -2.21. The highest BCUT2D eigenvalue weighted by atomic mass is 19.1. The van der Waals surface area contributed by atoms with Gasteiger partial charge in [0.25, 0.3) is 0 Å². The van der Waals surface area contributed by atoms with Gasteiger partial charge in [0.2, 0.25) is 0 Å². The number of halogens is 1. The van der Waals surface area contributed by atoms with Crippen molar-refractivity contribution in [3.63, 3.8) is 0 Å². The fraction of sp³-hybridized carbons (Fsp3) is 0.875. The van der Waals surface area contributed by atoms with Crippen molar-refractivity contribution in [3.8, 4) is 0 Å². The van der Waals surface area contributed by atoms with E-state index in [0.29, 0.717) is 5.82 Å². The second-order valence-corrected chi connectivity index (χ2v) is 3.88. The first-order chi connectivity index (χ1) is 6.64. The molecule has 1 atom stereocenters. The van der Waals surface area contributed by atoms with Crippen LogP contribution in [0, 0.1) is 5.92 Å². The molecule has 14 heavy (non-hydrogen) atoms. The van der Waals surface area contributed by atoms with Crippen molar-refractivity contribution in [2.24, 2.45) is 18.7 Å². The third-order valence-electron chi connectivity index (χ3n) is 2.65. The minimum Gasteiger partial charge on any atom is -0.328 e. The van der Waals surface area contributed by atoms with Crippen molar-refractivity contribution in [1.29, 1.82) is 0 Å². The van der Waals surface area contributed by atoms with E-state index < -0.39 is 5.67 Å². The van der Waals surface area contributed by atoms with Crippen molar-refractivity contribution in [1.82, 2.24) is 20.2 Å². The van der Waals surface area contributed by atoms with Crippen molar-refractivity contribution in [3.05, 3.63) is 5.82 Å². The summed E-state index contributed by atoms with van der Waals surface area (Å²) in [5, 5.41) is 11.4. The lowest BCUT2D eigenvalue weighted by Crippen LogP contribution is -2.38. The molecule has 0 bridgehead atoms. The van der Waals surface area contributed by atoms with E-state index in [1.54, 1.807) is 7.05 Å². The van der Waals surface area contributed by atoms with Gasteiger partial charge in [0.05, 0.1) is 7.05 Å². The third-order valence-corrected chi connectivity index (χ3v) is 2.65. The largest absolute Gasteiger partial charge is 0.328 e. The zero-order valence-electron chi connectivity index (χ0n) is 8.15. The Morgan fingerprint density at radius 2 is 2.36 bits per heavy atom. The molecule has 0 saturated heterocycles. The number of hydrogen-bond donors (Lipinski definition) is 1. The van der Waals surface area contributed by atoms with Gasteiger partial charge in [-0.05, 0) is 24.0 Å². The Morgan fingerprint density at radius 1 is 1.64 bits per heavy atom. The predicted octanol–water partition coefficient (Wildman–Crippen LogP) is -0.170. The van der Waals surface area contributed by atoms with E-state index in [0.717, 1.165) is 12.8 Å². The second kappa shape index (κ2) is 3.27. The first-order valence-electron chi connectivity index (χ1n) is 4.76. The van der Waals surface area contributed by atoms with Crippen LogP contribution in [0.1, 0.15) is 18.7 Å². The van der Waals surface area contributed by atoms with Gasteiger partial charge in [0, 0.05) is 13.0 Å². The fourth-order valence-corrected chi connectivity index (χ4v) is 1.64. The molecule has 5 nitrogen and oxygen atoms in total. The quantitative estimate of drug-likeness (QED) is 0.731. The summed E-state index contributed by atoms with van der Waals surface area (Å²) in [5.74, 6) is 0.531. The van der Waals surface area contributed by atoms with E-state index in [1.807, 2.05) is 0 Å². The zero-order chi connectivity index (χ0) is 10.2. The summed E-state index contributed by atoms with van der Waals surface area (Å²) in [6, 6.07) is 0. The van der Waals surface area contributed by atoms with Gasteiger partial charge in [-0.3, -0.25) is 0 Å².